The van der Waals surface area contributed by atoms with Gasteiger partial charge in [-0.2, -0.15) is 4.99 Å². The number of rotatable bonds is 5. The molecule has 6 rings (SSSR count). The SMILES string of the molecule is Cc1ccc(/C=C2\SC(=Nc3nc(-c4c(C)n(C)n(-c5ccccc5)c4=O)cs3)N(c3ccccc3)C2=O)cc1. The Morgan fingerprint density at radius 3 is 2.17 bits per heavy atom. The molecule has 0 bridgehead atoms. The Morgan fingerprint density at radius 1 is 0.850 bits per heavy atom. The van der Waals surface area contributed by atoms with Crippen LogP contribution in [0.15, 0.2) is 105 Å². The lowest BCUT2D eigenvalue weighted by Gasteiger charge is -2.14. The van der Waals surface area contributed by atoms with E-state index in [9.17, 15) is 9.59 Å². The minimum Gasteiger partial charge on any atom is -0.285 e. The molecule has 3 aromatic carbocycles. The van der Waals surface area contributed by atoms with Gasteiger partial charge in [0.2, 0.25) is 5.13 Å². The van der Waals surface area contributed by atoms with E-state index in [4.69, 9.17) is 9.98 Å². The molecule has 0 radical (unpaired) electrons. The molecule has 5 aromatic rings. The van der Waals surface area contributed by atoms with E-state index in [0.29, 0.717) is 26.5 Å². The topological polar surface area (TPSA) is 72.5 Å². The van der Waals surface area contributed by atoms with Crippen molar-refractivity contribution in [2.24, 2.45) is 12.0 Å². The number of thiazole rings is 1. The van der Waals surface area contributed by atoms with Gasteiger partial charge >= 0.3 is 0 Å². The minimum atomic E-state index is -0.143. The molecule has 1 saturated heterocycles. The molecule has 198 valence electrons. The van der Waals surface area contributed by atoms with Crippen molar-refractivity contribution in [2.45, 2.75) is 13.8 Å². The van der Waals surface area contributed by atoms with Crippen molar-refractivity contribution in [1.29, 1.82) is 0 Å². The summed E-state index contributed by atoms with van der Waals surface area (Å²) in [6, 6.07) is 27.0. The number of hydrogen-bond donors (Lipinski definition) is 0. The normalized spacial score (nSPS) is 15.5. The van der Waals surface area contributed by atoms with Crippen LogP contribution in [0.25, 0.3) is 23.0 Å². The predicted molar refractivity (Wildman–Crippen MR) is 165 cm³/mol. The number of carbonyl (C=O) groups is 1. The number of aliphatic imine (C=N–C) groups is 1. The Bertz CT molecular complexity index is 1830. The molecule has 7 nitrogen and oxygen atoms in total. The smallest absolute Gasteiger partial charge is 0.281 e. The molecule has 1 amide bonds. The molecule has 2 aromatic heterocycles. The van der Waals surface area contributed by atoms with Crippen molar-refractivity contribution < 1.29 is 4.79 Å². The second-order valence-electron chi connectivity index (χ2n) is 9.34. The Hall–Kier alpha value is -4.47. The van der Waals surface area contributed by atoms with Gasteiger partial charge in [0, 0.05) is 18.1 Å². The molecule has 1 fully saturated rings. The molecule has 9 heteroatoms. The van der Waals surface area contributed by atoms with Crippen molar-refractivity contribution in [3.63, 3.8) is 0 Å². The Balaban J connectivity index is 1.39. The third-order valence-electron chi connectivity index (χ3n) is 6.69. The van der Waals surface area contributed by atoms with E-state index < -0.39 is 0 Å². The van der Waals surface area contributed by atoms with Gasteiger partial charge in [0.1, 0.15) is 0 Å². The van der Waals surface area contributed by atoms with Crippen molar-refractivity contribution >= 4 is 51.1 Å². The van der Waals surface area contributed by atoms with E-state index in [2.05, 4.69) is 0 Å². The summed E-state index contributed by atoms with van der Waals surface area (Å²) in [5, 5.41) is 2.83. The Kier molecular flexibility index (Phi) is 6.83. The quantitative estimate of drug-likeness (QED) is 0.223. The lowest BCUT2D eigenvalue weighted by molar-refractivity contribution is -0.113. The molecule has 1 aliphatic heterocycles. The van der Waals surface area contributed by atoms with Crippen LogP contribution in [0.1, 0.15) is 16.8 Å². The van der Waals surface area contributed by atoms with Crippen LogP contribution in [-0.4, -0.2) is 25.4 Å². The van der Waals surface area contributed by atoms with Crippen LogP contribution in [0.2, 0.25) is 0 Å². The molecule has 40 heavy (non-hydrogen) atoms. The van der Waals surface area contributed by atoms with Crippen LogP contribution in [-0.2, 0) is 11.8 Å². The number of thioether (sulfide) groups is 1. The van der Waals surface area contributed by atoms with Crippen molar-refractivity contribution in [1.82, 2.24) is 14.3 Å². The maximum atomic E-state index is 13.6. The van der Waals surface area contributed by atoms with Gasteiger partial charge in [0.05, 0.1) is 27.5 Å². The maximum Gasteiger partial charge on any atom is 0.281 e. The van der Waals surface area contributed by atoms with E-state index in [1.807, 2.05) is 122 Å². The summed E-state index contributed by atoms with van der Waals surface area (Å²) in [6.07, 6.45) is 1.89. The van der Waals surface area contributed by atoms with Crippen LogP contribution in [0.3, 0.4) is 0 Å². The van der Waals surface area contributed by atoms with Crippen molar-refractivity contribution in [3.05, 3.63) is 122 Å². The number of hydrogen-bond acceptors (Lipinski definition) is 6. The molecule has 1 aliphatic rings. The fourth-order valence-electron chi connectivity index (χ4n) is 4.54. The summed E-state index contributed by atoms with van der Waals surface area (Å²) < 4.78 is 3.48. The van der Waals surface area contributed by atoms with Gasteiger partial charge < -0.3 is 0 Å². The molecular formula is C31H25N5O2S2. The summed E-state index contributed by atoms with van der Waals surface area (Å²) in [4.78, 5) is 38.8. The van der Waals surface area contributed by atoms with Crippen molar-refractivity contribution in [3.8, 4) is 16.9 Å². The van der Waals surface area contributed by atoms with Gasteiger partial charge in [0.15, 0.2) is 5.17 Å². The number of amides is 1. The molecular weight excluding hydrogens is 539 g/mol. The number of nitrogens with zero attached hydrogens (tertiary/aromatic N) is 5. The number of amidine groups is 1. The van der Waals surface area contributed by atoms with Crippen LogP contribution in [0.5, 0.6) is 0 Å². The van der Waals surface area contributed by atoms with Gasteiger partial charge in [-0.3, -0.25) is 19.2 Å². The van der Waals surface area contributed by atoms with E-state index in [0.717, 1.165) is 28.2 Å². The summed E-state index contributed by atoms with van der Waals surface area (Å²) >= 11 is 2.65. The number of aryl methyl sites for hydroxylation is 1. The Morgan fingerprint density at radius 2 is 1.50 bits per heavy atom. The van der Waals surface area contributed by atoms with E-state index in [1.165, 1.54) is 23.1 Å². The van der Waals surface area contributed by atoms with Gasteiger partial charge in [-0.25, -0.2) is 9.67 Å². The molecule has 0 unspecified atom stereocenters. The van der Waals surface area contributed by atoms with E-state index in [1.54, 1.807) is 9.58 Å². The lowest BCUT2D eigenvalue weighted by atomic mass is 10.1. The fourth-order valence-corrected chi connectivity index (χ4v) is 6.26. The van der Waals surface area contributed by atoms with E-state index >= 15 is 0 Å². The summed E-state index contributed by atoms with van der Waals surface area (Å²) in [6.45, 7) is 3.94. The summed E-state index contributed by atoms with van der Waals surface area (Å²) in [7, 11) is 1.86. The molecule has 0 N–H and O–H groups in total. The molecule has 3 heterocycles. The van der Waals surface area contributed by atoms with E-state index in [-0.39, 0.29) is 11.5 Å². The third-order valence-corrected chi connectivity index (χ3v) is 8.39. The molecule has 0 saturated carbocycles. The summed E-state index contributed by atoms with van der Waals surface area (Å²) in [5.74, 6) is -0.142. The number of benzene rings is 3. The van der Waals surface area contributed by atoms with Crippen LogP contribution in [0.4, 0.5) is 10.8 Å². The first-order valence-corrected chi connectivity index (χ1v) is 14.3. The highest BCUT2D eigenvalue weighted by Crippen LogP contribution is 2.38. The number of para-hydroxylation sites is 2. The molecule has 0 atom stereocenters. The highest BCUT2D eigenvalue weighted by atomic mass is 32.2. The standard InChI is InChI=1S/C31H25N5O2S2/c1-20-14-16-22(17-15-20)18-26-28(37)35(23-10-6-4-7-11-23)31(40-26)33-30-32-25(19-39-30)27-21(2)34(3)36(29(27)38)24-12-8-5-9-13-24/h4-19H,1-3H3/b26-18-,33-31?. The van der Waals surface area contributed by atoms with Crippen LogP contribution >= 0.6 is 23.1 Å². The average molecular weight is 564 g/mol. The average Bonchev–Trinajstić information content (AvgIpc) is 3.60. The number of anilines is 1. The third kappa shape index (κ3) is 4.74. The molecule has 0 aliphatic carbocycles. The minimum absolute atomic E-state index is 0.142. The first-order chi connectivity index (χ1) is 19.4. The maximum absolute atomic E-state index is 13.6. The zero-order chi connectivity index (χ0) is 27.8. The van der Waals surface area contributed by atoms with Gasteiger partial charge in [-0.1, -0.05) is 66.2 Å². The number of carbonyl (C=O) groups excluding carboxylic acids is 1. The monoisotopic (exact) mass is 563 g/mol. The van der Waals surface area contributed by atoms with Crippen molar-refractivity contribution in [2.75, 3.05) is 4.90 Å². The van der Waals surface area contributed by atoms with Gasteiger partial charge in [0.25, 0.3) is 11.5 Å². The lowest BCUT2D eigenvalue weighted by Crippen LogP contribution is -2.28. The first kappa shape index (κ1) is 25.8. The second-order valence-corrected chi connectivity index (χ2v) is 11.2. The number of aromatic nitrogens is 3. The Labute approximate surface area is 239 Å². The highest BCUT2D eigenvalue weighted by molar-refractivity contribution is 8.19. The fraction of sp³-hybridized carbons (Fsp3) is 0.0968. The van der Waals surface area contributed by atoms with Crippen LogP contribution in [0, 0.1) is 13.8 Å². The zero-order valence-electron chi connectivity index (χ0n) is 22.1. The van der Waals surface area contributed by atoms with Gasteiger partial charge in [-0.05, 0) is 61.5 Å². The van der Waals surface area contributed by atoms with Gasteiger partial charge in [-0.15, -0.1) is 11.3 Å². The second kappa shape index (κ2) is 10.6. The largest absolute Gasteiger partial charge is 0.285 e. The summed E-state index contributed by atoms with van der Waals surface area (Å²) in [5.41, 5.74) is 5.37. The predicted octanol–water partition coefficient (Wildman–Crippen LogP) is 6.72. The zero-order valence-corrected chi connectivity index (χ0v) is 23.7. The molecule has 0 spiro atoms. The highest BCUT2D eigenvalue weighted by Gasteiger charge is 2.35. The first-order valence-electron chi connectivity index (χ1n) is 12.6. The van der Waals surface area contributed by atoms with Crippen LogP contribution < -0.4 is 10.5 Å².